The number of thiazole rings is 1. The van der Waals surface area contributed by atoms with Gasteiger partial charge in [-0.25, -0.2) is 9.79 Å². The van der Waals surface area contributed by atoms with Crippen molar-refractivity contribution in [2.45, 2.75) is 33.4 Å². The van der Waals surface area contributed by atoms with Gasteiger partial charge in [-0.1, -0.05) is 78.1 Å². The van der Waals surface area contributed by atoms with Gasteiger partial charge in [-0.15, -0.1) is 0 Å². The number of hydrogen-bond acceptors (Lipinski definition) is 8. The molecular formula is C37H34N2O6S. The maximum atomic E-state index is 14.2. The molecule has 0 saturated carbocycles. The number of para-hydroxylation sites is 1. The van der Waals surface area contributed by atoms with Gasteiger partial charge in [0.15, 0.2) is 16.3 Å². The highest BCUT2D eigenvalue weighted by atomic mass is 32.1. The van der Waals surface area contributed by atoms with Crippen LogP contribution in [0.2, 0.25) is 0 Å². The summed E-state index contributed by atoms with van der Waals surface area (Å²) in [6.07, 6.45) is 1.82. The average molecular weight is 635 g/mol. The summed E-state index contributed by atoms with van der Waals surface area (Å²) in [4.78, 5) is 32.7. The first-order valence-corrected chi connectivity index (χ1v) is 15.9. The summed E-state index contributed by atoms with van der Waals surface area (Å²) in [5.41, 5.74) is 3.01. The molecule has 0 unspecified atom stereocenters. The van der Waals surface area contributed by atoms with Gasteiger partial charge >= 0.3 is 5.97 Å². The fraction of sp³-hybridized carbons (Fsp3) is 0.216. The Hall–Kier alpha value is -5.15. The minimum Gasteiger partial charge on any atom is -0.493 e. The van der Waals surface area contributed by atoms with Crippen LogP contribution in [-0.2, 0) is 16.1 Å². The molecule has 1 aliphatic rings. The summed E-state index contributed by atoms with van der Waals surface area (Å²) in [5, 5.41) is 2.28. The third kappa shape index (κ3) is 5.93. The first-order chi connectivity index (χ1) is 22.4. The molecule has 46 heavy (non-hydrogen) atoms. The fourth-order valence-electron chi connectivity index (χ4n) is 5.68. The van der Waals surface area contributed by atoms with Gasteiger partial charge < -0.3 is 18.9 Å². The van der Waals surface area contributed by atoms with E-state index in [-0.39, 0.29) is 12.2 Å². The Bertz CT molecular complexity index is 2140. The van der Waals surface area contributed by atoms with Crippen LogP contribution in [0.15, 0.2) is 106 Å². The summed E-state index contributed by atoms with van der Waals surface area (Å²) < 4.78 is 25.1. The lowest BCUT2D eigenvalue weighted by molar-refractivity contribution is -0.139. The zero-order valence-electron chi connectivity index (χ0n) is 26.1. The molecule has 1 atom stereocenters. The Labute approximate surface area is 270 Å². The van der Waals surface area contributed by atoms with Gasteiger partial charge in [0.25, 0.3) is 5.56 Å². The van der Waals surface area contributed by atoms with E-state index in [1.54, 1.807) is 37.7 Å². The van der Waals surface area contributed by atoms with Crippen LogP contribution in [0.3, 0.4) is 0 Å². The van der Waals surface area contributed by atoms with Crippen LogP contribution in [0.25, 0.3) is 16.8 Å². The molecule has 0 amide bonds. The summed E-state index contributed by atoms with van der Waals surface area (Å²) in [6.45, 7) is 6.37. The summed E-state index contributed by atoms with van der Waals surface area (Å²) in [7, 11) is 1.57. The topological polar surface area (TPSA) is 88.4 Å². The molecule has 4 aromatic carbocycles. The summed E-state index contributed by atoms with van der Waals surface area (Å²) >= 11 is 1.26. The fourth-order valence-corrected chi connectivity index (χ4v) is 6.72. The Morgan fingerprint density at radius 3 is 2.50 bits per heavy atom. The number of allylic oxidation sites excluding steroid dienone is 1. The Balaban J connectivity index is 1.44. The van der Waals surface area contributed by atoms with Crippen LogP contribution < -0.4 is 29.1 Å². The monoisotopic (exact) mass is 634 g/mol. The van der Waals surface area contributed by atoms with E-state index >= 15 is 0 Å². The standard InChI is InChI=1S/C37H34N2O6S/c1-5-43-31-20-26(18-19-30(31)42-4)34-33(36(41)44-6-2)23(3)38-37-39(34)35(40)32(46-37)21-25-13-8-10-17-29(25)45-22-27-15-11-14-24-12-7-9-16-28(24)27/h7-21,34H,5-6,22H2,1-4H3/b32-21+/t34-/m1/s1. The highest BCUT2D eigenvalue weighted by Gasteiger charge is 2.34. The second-order valence-electron chi connectivity index (χ2n) is 10.6. The number of ether oxygens (including phenoxy) is 4. The molecule has 0 fully saturated rings. The number of esters is 1. The molecule has 234 valence electrons. The van der Waals surface area contributed by atoms with E-state index in [0.717, 1.165) is 21.9 Å². The number of benzene rings is 4. The van der Waals surface area contributed by atoms with Crippen LogP contribution in [-0.4, -0.2) is 30.9 Å². The number of nitrogens with zero attached hydrogens (tertiary/aromatic N) is 2. The second kappa shape index (κ2) is 13.5. The Morgan fingerprint density at radius 2 is 1.70 bits per heavy atom. The molecule has 5 aromatic rings. The Kier molecular flexibility index (Phi) is 9.03. The van der Waals surface area contributed by atoms with E-state index in [0.29, 0.717) is 56.6 Å². The van der Waals surface area contributed by atoms with Crippen LogP contribution in [0.4, 0.5) is 0 Å². The predicted molar refractivity (Wildman–Crippen MR) is 179 cm³/mol. The van der Waals surface area contributed by atoms with E-state index in [2.05, 4.69) is 24.3 Å². The zero-order valence-corrected chi connectivity index (χ0v) is 26.9. The number of fused-ring (bicyclic) bond motifs is 2. The lowest BCUT2D eigenvalue weighted by atomic mass is 9.95. The summed E-state index contributed by atoms with van der Waals surface area (Å²) in [6, 6.07) is 26.6. The lowest BCUT2D eigenvalue weighted by Gasteiger charge is -2.25. The second-order valence-corrected chi connectivity index (χ2v) is 11.6. The minimum absolute atomic E-state index is 0.190. The van der Waals surface area contributed by atoms with Crippen LogP contribution in [0.5, 0.6) is 17.2 Å². The van der Waals surface area contributed by atoms with Crippen molar-refractivity contribution in [3.63, 3.8) is 0 Å². The van der Waals surface area contributed by atoms with Gasteiger partial charge in [-0.3, -0.25) is 9.36 Å². The average Bonchev–Trinajstić information content (AvgIpc) is 3.37. The molecule has 0 saturated heterocycles. The van der Waals surface area contributed by atoms with Gasteiger partial charge in [0.2, 0.25) is 0 Å². The largest absolute Gasteiger partial charge is 0.493 e. The van der Waals surface area contributed by atoms with E-state index in [4.69, 9.17) is 23.9 Å². The van der Waals surface area contributed by atoms with Crippen molar-refractivity contribution in [3.8, 4) is 17.2 Å². The van der Waals surface area contributed by atoms with E-state index in [1.807, 2.05) is 61.5 Å². The van der Waals surface area contributed by atoms with E-state index in [9.17, 15) is 9.59 Å². The first-order valence-electron chi connectivity index (χ1n) is 15.1. The lowest BCUT2D eigenvalue weighted by Crippen LogP contribution is -2.40. The van der Waals surface area contributed by atoms with Crippen LogP contribution in [0, 0.1) is 0 Å². The molecule has 0 aliphatic carbocycles. The molecule has 9 heteroatoms. The minimum atomic E-state index is -0.777. The van der Waals surface area contributed by atoms with Gasteiger partial charge in [0.05, 0.1) is 42.2 Å². The third-order valence-corrected chi connectivity index (χ3v) is 8.77. The van der Waals surface area contributed by atoms with Crippen molar-refractivity contribution in [2.24, 2.45) is 4.99 Å². The van der Waals surface area contributed by atoms with E-state index in [1.165, 1.54) is 11.3 Å². The zero-order chi connectivity index (χ0) is 32.2. The molecule has 2 heterocycles. The molecule has 0 bridgehead atoms. The highest BCUT2D eigenvalue weighted by Crippen LogP contribution is 2.36. The smallest absolute Gasteiger partial charge is 0.338 e. The number of hydrogen-bond donors (Lipinski definition) is 0. The molecule has 1 aliphatic heterocycles. The predicted octanol–water partition coefficient (Wildman–Crippen LogP) is 5.94. The quantitative estimate of drug-likeness (QED) is 0.177. The number of aromatic nitrogens is 1. The van der Waals surface area contributed by atoms with Crippen molar-refractivity contribution in [1.82, 2.24) is 4.57 Å². The van der Waals surface area contributed by atoms with Crippen molar-refractivity contribution < 1.29 is 23.7 Å². The molecular weight excluding hydrogens is 600 g/mol. The number of carbonyl (C=O) groups excluding carboxylic acids is 1. The van der Waals surface area contributed by atoms with Gasteiger partial charge in [-0.2, -0.15) is 0 Å². The molecule has 0 spiro atoms. The number of rotatable bonds is 10. The first kappa shape index (κ1) is 30.9. The van der Waals surface area contributed by atoms with E-state index < -0.39 is 12.0 Å². The molecule has 6 rings (SSSR count). The SMILES string of the molecule is CCOC(=O)C1=C(C)N=c2s/c(=C/c3ccccc3OCc3cccc4ccccc34)c(=O)n2[C@@H]1c1ccc(OC)c(OCC)c1. The number of methoxy groups -OCH3 is 1. The number of carbonyl (C=O) groups is 1. The van der Waals surface area contributed by atoms with Gasteiger partial charge in [0, 0.05) is 5.56 Å². The van der Waals surface area contributed by atoms with Crippen molar-refractivity contribution in [1.29, 1.82) is 0 Å². The molecule has 0 N–H and O–H groups in total. The van der Waals surface area contributed by atoms with Crippen molar-refractivity contribution in [2.75, 3.05) is 20.3 Å². The van der Waals surface area contributed by atoms with Crippen LogP contribution in [0.1, 0.15) is 43.5 Å². The normalized spacial score (nSPS) is 14.5. The maximum absolute atomic E-state index is 14.2. The molecule has 0 radical (unpaired) electrons. The summed E-state index contributed by atoms with van der Waals surface area (Å²) in [5.74, 6) is 1.19. The maximum Gasteiger partial charge on any atom is 0.338 e. The highest BCUT2D eigenvalue weighted by molar-refractivity contribution is 7.07. The van der Waals surface area contributed by atoms with Gasteiger partial charge in [0.1, 0.15) is 12.4 Å². The molecule has 8 nitrogen and oxygen atoms in total. The van der Waals surface area contributed by atoms with Crippen LogP contribution >= 0.6 is 11.3 Å². The van der Waals surface area contributed by atoms with Crippen molar-refractivity contribution in [3.05, 3.63) is 133 Å². The van der Waals surface area contributed by atoms with Crippen molar-refractivity contribution >= 4 is 34.2 Å². The molecule has 1 aromatic heterocycles. The Morgan fingerprint density at radius 1 is 0.913 bits per heavy atom. The third-order valence-electron chi connectivity index (χ3n) is 7.79. The van der Waals surface area contributed by atoms with Gasteiger partial charge in [-0.05, 0) is 66.9 Å².